The third kappa shape index (κ3) is 3.88. The van der Waals surface area contributed by atoms with E-state index < -0.39 is 0 Å². The number of hydrogen-bond donors (Lipinski definition) is 0. The van der Waals surface area contributed by atoms with Crippen molar-refractivity contribution in [2.24, 2.45) is 0 Å². The lowest BCUT2D eigenvalue weighted by atomic mass is 9.60. The summed E-state index contributed by atoms with van der Waals surface area (Å²) in [5, 5.41) is 5.30. The van der Waals surface area contributed by atoms with E-state index >= 15 is 0 Å². The van der Waals surface area contributed by atoms with Gasteiger partial charge in [0, 0.05) is 41.0 Å². The van der Waals surface area contributed by atoms with E-state index in [1.54, 1.807) is 0 Å². The van der Waals surface area contributed by atoms with Gasteiger partial charge in [-0.15, -0.1) is 0 Å². The van der Waals surface area contributed by atoms with Gasteiger partial charge < -0.3 is 4.57 Å². The number of aromatic nitrogens is 2. The molecule has 0 spiro atoms. The van der Waals surface area contributed by atoms with Crippen LogP contribution in [0, 0.1) is 0 Å². The SMILES string of the molecule is CCC1(C)c2ccc(-c3cc4c5c(c3)c3cc6c(cc3n5-c3ccccc3C4(C)C)-c3ccccc3C6(C)C)cc2-c2c3ccccc3cc[n+]2C1(C)CC. The van der Waals surface area contributed by atoms with E-state index in [4.69, 9.17) is 0 Å². The van der Waals surface area contributed by atoms with Crippen molar-refractivity contribution in [3.63, 3.8) is 0 Å². The summed E-state index contributed by atoms with van der Waals surface area (Å²) in [5.74, 6) is 0. The second kappa shape index (κ2) is 10.6. The topological polar surface area (TPSA) is 8.81 Å². The molecule has 0 amide bonds. The second-order valence-corrected chi connectivity index (χ2v) is 18.2. The van der Waals surface area contributed by atoms with Gasteiger partial charge in [-0.1, -0.05) is 114 Å². The normalized spacial score (nSPS) is 20.9. The molecule has 0 fully saturated rings. The van der Waals surface area contributed by atoms with Crippen LogP contribution in [0.25, 0.3) is 71.8 Å². The number of hydrogen-bond acceptors (Lipinski definition) is 0. The minimum absolute atomic E-state index is 0.0322. The predicted octanol–water partition coefficient (Wildman–Crippen LogP) is 13.3. The molecule has 3 aliphatic rings. The van der Waals surface area contributed by atoms with Gasteiger partial charge in [-0.2, -0.15) is 4.57 Å². The summed E-state index contributed by atoms with van der Waals surface area (Å²) in [6.07, 6.45) is 4.49. The molecule has 0 bridgehead atoms. The molecule has 2 atom stereocenters. The van der Waals surface area contributed by atoms with Crippen molar-refractivity contribution in [1.82, 2.24) is 4.57 Å². The molecule has 0 radical (unpaired) electrons. The Bertz CT molecular complexity index is 2990. The molecular formula is C53H49N2+. The Labute approximate surface area is 325 Å². The maximum absolute atomic E-state index is 2.63. The van der Waals surface area contributed by atoms with Gasteiger partial charge in [-0.05, 0) is 111 Å². The highest BCUT2D eigenvalue weighted by Crippen LogP contribution is 2.55. The smallest absolute Gasteiger partial charge is 0.221 e. The van der Waals surface area contributed by atoms with Crippen LogP contribution in [0.15, 0.2) is 128 Å². The quantitative estimate of drug-likeness (QED) is 0.161. The van der Waals surface area contributed by atoms with E-state index in [9.17, 15) is 0 Å². The van der Waals surface area contributed by atoms with Crippen LogP contribution in [0.4, 0.5) is 0 Å². The maximum Gasteiger partial charge on any atom is 0.221 e. The highest BCUT2D eigenvalue weighted by atomic mass is 15.1. The summed E-state index contributed by atoms with van der Waals surface area (Å²) in [5.41, 5.74) is 18.7. The van der Waals surface area contributed by atoms with Gasteiger partial charge in [0.2, 0.25) is 5.69 Å². The van der Waals surface area contributed by atoms with E-state index in [1.807, 2.05) is 0 Å². The van der Waals surface area contributed by atoms with E-state index in [2.05, 4.69) is 192 Å². The van der Waals surface area contributed by atoms with Crippen molar-refractivity contribution < 1.29 is 4.57 Å². The molecule has 270 valence electrons. The zero-order chi connectivity index (χ0) is 37.8. The third-order valence-corrected chi connectivity index (χ3v) is 15.2. The molecular weight excluding hydrogens is 665 g/mol. The molecule has 4 heterocycles. The molecule has 11 rings (SSSR count). The summed E-state index contributed by atoms with van der Waals surface area (Å²) < 4.78 is 5.22. The first-order valence-electron chi connectivity index (χ1n) is 20.4. The molecule has 0 N–H and O–H groups in total. The van der Waals surface area contributed by atoms with Gasteiger partial charge in [-0.3, -0.25) is 0 Å². The summed E-state index contributed by atoms with van der Waals surface area (Å²) in [6, 6.07) is 46.9. The number of rotatable bonds is 3. The first-order valence-corrected chi connectivity index (χ1v) is 20.4. The van der Waals surface area contributed by atoms with Crippen molar-refractivity contribution >= 4 is 32.6 Å². The number of pyridine rings is 1. The van der Waals surface area contributed by atoms with Crippen LogP contribution in [0.3, 0.4) is 0 Å². The number of para-hydroxylation sites is 1. The van der Waals surface area contributed by atoms with E-state index in [0.29, 0.717) is 0 Å². The fraction of sp³-hybridized carbons (Fsp3) is 0.264. The molecule has 6 aromatic carbocycles. The van der Waals surface area contributed by atoms with Gasteiger partial charge in [0.1, 0.15) is 0 Å². The Morgan fingerprint density at radius 3 is 2.04 bits per heavy atom. The lowest BCUT2D eigenvalue weighted by Gasteiger charge is -2.46. The predicted molar refractivity (Wildman–Crippen MR) is 231 cm³/mol. The van der Waals surface area contributed by atoms with Gasteiger partial charge in [0.05, 0.1) is 33.1 Å². The maximum atomic E-state index is 2.63. The van der Waals surface area contributed by atoms with Crippen LogP contribution in [0.1, 0.15) is 96.0 Å². The average molecular weight is 714 g/mol. The van der Waals surface area contributed by atoms with Crippen molar-refractivity contribution in [2.75, 3.05) is 0 Å². The summed E-state index contributed by atoms with van der Waals surface area (Å²) >= 11 is 0. The van der Waals surface area contributed by atoms with Crippen LogP contribution in [0.2, 0.25) is 0 Å². The first kappa shape index (κ1) is 32.9. The fourth-order valence-corrected chi connectivity index (χ4v) is 11.6. The van der Waals surface area contributed by atoms with Gasteiger partial charge in [0.15, 0.2) is 11.7 Å². The van der Waals surface area contributed by atoms with Crippen molar-refractivity contribution in [3.8, 4) is 39.2 Å². The van der Waals surface area contributed by atoms with Crippen molar-refractivity contribution in [3.05, 3.63) is 155 Å². The third-order valence-electron chi connectivity index (χ3n) is 15.2. The molecule has 2 unspecified atom stereocenters. The summed E-state index contributed by atoms with van der Waals surface area (Å²) in [4.78, 5) is 0. The minimum Gasteiger partial charge on any atom is -0.309 e. The number of benzene rings is 6. The molecule has 55 heavy (non-hydrogen) atoms. The molecule has 2 aliphatic heterocycles. The summed E-state index contributed by atoms with van der Waals surface area (Å²) in [7, 11) is 0. The Morgan fingerprint density at radius 1 is 0.509 bits per heavy atom. The van der Waals surface area contributed by atoms with Crippen LogP contribution in [-0.2, 0) is 21.8 Å². The van der Waals surface area contributed by atoms with Crippen LogP contribution >= 0.6 is 0 Å². The standard InChI is InChI=1S/C53H49N2/c1-9-52(7)42-24-23-33(27-40(42)48-35-18-12-11-17-32(35)25-26-54(48)53(52,8)10-2)34-28-39-38-30-44-37(36-19-13-14-20-41(36)50(44,3)4)31-47(38)55-46-22-16-15-21-43(46)51(5,6)45(29-34)49(39)55/h11-31H,9-10H2,1-8H3/q+1. The highest BCUT2D eigenvalue weighted by molar-refractivity contribution is 6.14. The number of nitrogens with zero attached hydrogens (tertiary/aromatic N) is 2. The molecule has 0 saturated carbocycles. The Hall–Kier alpha value is -5.47. The molecule has 2 heteroatoms. The molecule has 2 aromatic heterocycles. The summed E-state index contributed by atoms with van der Waals surface area (Å²) in [6.45, 7) is 19.4. The van der Waals surface area contributed by atoms with E-state index in [-0.39, 0.29) is 21.8 Å². The van der Waals surface area contributed by atoms with Crippen LogP contribution in [-0.4, -0.2) is 4.57 Å². The van der Waals surface area contributed by atoms with Crippen molar-refractivity contribution in [1.29, 1.82) is 0 Å². The highest BCUT2D eigenvalue weighted by Gasteiger charge is 2.56. The number of fused-ring (bicyclic) bond motifs is 13. The Morgan fingerprint density at radius 2 is 1.24 bits per heavy atom. The average Bonchev–Trinajstić information content (AvgIpc) is 3.65. The van der Waals surface area contributed by atoms with Gasteiger partial charge in [0.25, 0.3) is 0 Å². The molecule has 8 aromatic rings. The van der Waals surface area contributed by atoms with Gasteiger partial charge in [-0.25, -0.2) is 0 Å². The lowest BCUT2D eigenvalue weighted by molar-refractivity contribution is -0.764. The van der Waals surface area contributed by atoms with Crippen LogP contribution < -0.4 is 4.57 Å². The zero-order valence-corrected chi connectivity index (χ0v) is 33.4. The monoisotopic (exact) mass is 713 g/mol. The first-order chi connectivity index (χ1) is 26.4. The zero-order valence-electron chi connectivity index (χ0n) is 33.4. The second-order valence-electron chi connectivity index (χ2n) is 18.2. The Kier molecular flexibility index (Phi) is 6.37. The molecule has 1 aliphatic carbocycles. The largest absolute Gasteiger partial charge is 0.309 e. The van der Waals surface area contributed by atoms with E-state index in [1.165, 1.54) is 99.6 Å². The van der Waals surface area contributed by atoms with Gasteiger partial charge >= 0.3 is 0 Å². The minimum atomic E-state index is -0.180. The molecule has 2 nitrogen and oxygen atoms in total. The van der Waals surface area contributed by atoms with Crippen LogP contribution in [0.5, 0.6) is 0 Å². The van der Waals surface area contributed by atoms with E-state index in [0.717, 1.165) is 12.8 Å². The lowest BCUT2D eigenvalue weighted by Crippen LogP contribution is -2.67. The Balaban J connectivity index is 1.23. The molecule has 0 saturated heterocycles. The fourth-order valence-electron chi connectivity index (χ4n) is 11.6. The van der Waals surface area contributed by atoms with Crippen molar-refractivity contribution in [2.45, 2.75) is 90.0 Å².